The van der Waals surface area contributed by atoms with Gasteiger partial charge in [-0.05, 0) is 17.7 Å². The number of halogens is 6. The van der Waals surface area contributed by atoms with Crippen LogP contribution in [0.5, 0.6) is 0 Å². The molecule has 18 heavy (non-hydrogen) atoms. The number of aliphatic hydroxyl groups excluding tert-OH is 1. The molecule has 0 aliphatic heterocycles. The van der Waals surface area contributed by atoms with E-state index in [4.69, 9.17) is 10.8 Å². The molecule has 0 unspecified atom stereocenters. The maximum absolute atomic E-state index is 13.0. The molecule has 8 heteroatoms. The van der Waals surface area contributed by atoms with Gasteiger partial charge in [-0.1, -0.05) is 12.1 Å². The molecule has 0 radical (unpaired) electrons. The molecule has 0 spiro atoms. The molecule has 0 aromatic heterocycles. The highest BCUT2D eigenvalue weighted by Gasteiger charge is 2.38. The third kappa shape index (κ3) is 3.79. The average Bonchev–Trinajstić information content (AvgIpc) is 2.27. The average molecular weight is 292 g/mol. The minimum absolute atomic E-state index is 0. The van der Waals surface area contributed by atoms with Gasteiger partial charge in [-0.15, -0.1) is 12.4 Å². The predicted molar refractivity (Wildman–Crippen MR) is 57.7 cm³/mol. The van der Waals surface area contributed by atoms with Gasteiger partial charge < -0.3 is 10.8 Å². The molecule has 0 fully saturated rings. The summed E-state index contributed by atoms with van der Waals surface area (Å²) in [7, 11) is 0. The predicted octanol–water partition coefficient (Wildman–Crippen LogP) is 2.75. The highest BCUT2D eigenvalue weighted by Crippen LogP contribution is 2.32. The lowest BCUT2D eigenvalue weighted by Gasteiger charge is -2.21. The summed E-state index contributed by atoms with van der Waals surface area (Å²) in [5, 5.41) is 8.40. The van der Waals surface area contributed by atoms with Crippen LogP contribution < -0.4 is 5.73 Å². The molecular weight excluding hydrogens is 281 g/mol. The van der Waals surface area contributed by atoms with Gasteiger partial charge in [0.2, 0.25) is 0 Å². The first-order chi connectivity index (χ1) is 7.68. The van der Waals surface area contributed by atoms with Gasteiger partial charge in [0.05, 0.1) is 11.6 Å². The van der Waals surface area contributed by atoms with Crippen molar-refractivity contribution in [1.82, 2.24) is 0 Å². The molecule has 1 rings (SSSR count). The van der Waals surface area contributed by atoms with Gasteiger partial charge in [-0.3, -0.25) is 0 Å². The fraction of sp³-hybridized carbons (Fsp3) is 0.400. The van der Waals surface area contributed by atoms with Crippen molar-refractivity contribution in [2.24, 2.45) is 5.73 Å². The molecule has 0 saturated heterocycles. The van der Waals surface area contributed by atoms with Gasteiger partial charge in [0.15, 0.2) is 0 Å². The second kappa shape index (κ2) is 5.81. The lowest BCUT2D eigenvalue weighted by atomic mass is 10.0. The van der Waals surface area contributed by atoms with Gasteiger partial charge in [0.1, 0.15) is 6.61 Å². The summed E-state index contributed by atoms with van der Waals surface area (Å²) in [5.74, 6) is -3.57. The highest BCUT2D eigenvalue weighted by molar-refractivity contribution is 5.85. The van der Waals surface area contributed by atoms with E-state index in [9.17, 15) is 22.0 Å². The van der Waals surface area contributed by atoms with Crippen LogP contribution in [0.15, 0.2) is 24.3 Å². The second-order valence-corrected chi connectivity index (χ2v) is 3.52. The van der Waals surface area contributed by atoms with Crippen LogP contribution in [0.3, 0.4) is 0 Å². The van der Waals surface area contributed by atoms with Gasteiger partial charge in [0, 0.05) is 0 Å². The number of hydrogen-bond acceptors (Lipinski definition) is 2. The number of nitrogens with two attached hydrogens (primary N) is 1. The maximum atomic E-state index is 13.0. The Balaban J connectivity index is 0.00000289. The lowest BCUT2D eigenvalue weighted by molar-refractivity contribution is -0.137. The molecule has 1 atom stereocenters. The molecule has 0 aliphatic rings. The van der Waals surface area contributed by atoms with E-state index < -0.39 is 30.3 Å². The minimum atomic E-state index is -4.53. The summed E-state index contributed by atoms with van der Waals surface area (Å²) in [6, 6.07) is 1.24. The lowest BCUT2D eigenvalue weighted by Crippen LogP contribution is -2.36. The zero-order chi connectivity index (χ0) is 13.3. The molecule has 0 bridgehead atoms. The molecule has 3 N–H and O–H groups in total. The van der Waals surface area contributed by atoms with Gasteiger partial charge in [-0.2, -0.15) is 13.2 Å². The van der Waals surface area contributed by atoms with Crippen LogP contribution in [0.4, 0.5) is 22.0 Å². The zero-order valence-corrected chi connectivity index (χ0v) is 9.73. The summed E-state index contributed by atoms with van der Waals surface area (Å²) in [5.41, 5.74) is 4.04. The Kier molecular flexibility index (Phi) is 5.52. The third-order valence-corrected chi connectivity index (χ3v) is 2.26. The number of alkyl halides is 5. The normalized spacial score (nSPS) is 13.9. The summed E-state index contributed by atoms with van der Waals surface area (Å²) in [4.78, 5) is 0. The van der Waals surface area contributed by atoms with E-state index >= 15 is 0 Å². The molecule has 0 heterocycles. The Morgan fingerprint density at radius 3 is 1.83 bits per heavy atom. The van der Waals surface area contributed by atoms with Crippen LogP contribution in [-0.4, -0.2) is 17.6 Å². The Morgan fingerprint density at radius 2 is 1.50 bits per heavy atom. The largest absolute Gasteiger partial charge is 0.416 e. The molecule has 104 valence electrons. The number of hydrogen-bond donors (Lipinski definition) is 2. The van der Waals surface area contributed by atoms with Crippen LogP contribution in [0.1, 0.15) is 17.2 Å². The van der Waals surface area contributed by atoms with Gasteiger partial charge in [-0.25, -0.2) is 8.78 Å². The van der Waals surface area contributed by atoms with Crippen molar-refractivity contribution in [3.05, 3.63) is 35.4 Å². The fourth-order valence-corrected chi connectivity index (χ4v) is 1.22. The van der Waals surface area contributed by atoms with Crippen LogP contribution in [0.25, 0.3) is 0 Å². The van der Waals surface area contributed by atoms with Gasteiger partial charge in [0.25, 0.3) is 5.92 Å². The van der Waals surface area contributed by atoms with Crippen LogP contribution in [0.2, 0.25) is 0 Å². The topological polar surface area (TPSA) is 46.2 Å². The Bertz CT molecular complexity index is 379. The monoisotopic (exact) mass is 291 g/mol. The van der Waals surface area contributed by atoms with Crippen molar-refractivity contribution in [2.45, 2.75) is 18.1 Å². The van der Waals surface area contributed by atoms with Crippen molar-refractivity contribution in [3.8, 4) is 0 Å². The minimum Gasteiger partial charge on any atom is -0.390 e. The number of rotatable bonds is 3. The summed E-state index contributed by atoms with van der Waals surface area (Å²) in [6.45, 7) is -1.46. The van der Waals surface area contributed by atoms with Crippen LogP contribution in [-0.2, 0) is 6.18 Å². The fourth-order valence-electron chi connectivity index (χ4n) is 1.22. The van der Waals surface area contributed by atoms with E-state index in [0.717, 1.165) is 12.1 Å². The molecule has 1 aromatic carbocycles. The van der Waals surface area contributed by atoms with Crippen molar-refractivity contribution in [3.63, 3.8) is 0 Å². The first kappa shape index (κ1) is 17.1. The quantitative estimate of drug-likeness (QED) is 0.841. The summed E-state index contributed by atoms with van der Waals surface area (Å²) < 4.78 is 62.5. The molecule has 0 aliphatic carbocycles. The van der Waals surface area contributed by atoms with Gasteiger partial charge >= 0.3 is 6.18 Å². The van der Waals surface area contributed by atoms with Crippen molar-refractivity contribution < 1.29 is 27.1 Å². The summed E-state index contributed by atoms with van der Waals surface area (Å²) in [6.07, 6.45) is -4.53. The SMILES string of the molecule is Cl.N[C@@H](c1ccc(C(F)(F)F)cc1)C(F)(F)CO. The van der Waals surface area contributed by atoms with Crippen LogP contribution >= 0.6 is 12.4 Å². The van der Waals surface area contributed by atoms with Crippen LogP contribution in [0, 0.1) is 0 Å². The van der Waals surface area contributed by atoms with Crippen molar-refractivity contribution in [1.29, 1.82) is 0 Å². The Labute approximate surface area is 106 Å². The smallest absolute Gasteiger partial charge is 0.390 e. The standard InChI is InChI=1S/C10H10F5NO.ClH/c11-9(12,5-17)8(16)6-1-3-7(4-2-6)10(13,14)15;/h1-4,8,17H,5,16H2;1H/t8-;/m0./s1. The van der Waals surface area contributed by atoms with E-state index in [1.807, 2.05) is 0 Å². The van der Waals surface area contributed by atoms with E-state index in [2.05, 4.69) is 0 Å². The Hall–Kier alpha value is -0.920. The van der Waals surface area contributed by atoms with E-state index in [1.165, 1.54) is 0 Å². The number of benzene rings is 1. The summed E-state index contributed by atoms with van der Waals surface area (Å²) >= 11 is 0. The maximum Gasteiger partial charge on any atom is 0.416 e. The number of aliphatic hydroxyl groups is 1. The first-order valence-electron chi connectivity index (χ1n) is 4.60. The third-order valence-electron chi connectivity index (χ3n) is 2.26. The molecule has 0 amide bonds. The Morgan fingerprint density at radius 1 is 1.06 bits per heavy atom. The molecule has 2 nitrogen and oxygen atoms in total. The van der Waals surface area contributed by atoms with E-state index in [-0.39, 0.29) is 18.0 Å². The highest BCUT2D eigenvalue weighted by atomic mass is 35.5. The molecule has 0 saturated carbocycles. The molecule has 1 aromatic rings. The van der Waals surface area contributed by atoms with E-state index in [0.29, 0.717) is 12.1 Å². The zero-order valence-electron chi connectivity index (χ0n) is 8.92. The van der Waals surface area contributed by atoms with E-state index in [1.54, 1.807) is 0 Å². The second-order valence-electron chi connectivity index (χ2n) is 3.52. The first-order valence-corrected chi connectivity index (χ1v) is 4.60. The van der Waals surface area contributed by atoms with Crippen molar-refractivity contribution >= 4 is 12.4 Å². The van der Waals surface area contributed by atoms with Crippen molar-refractivity contribution in [2.75, 3.05) is 6.61 Å². The molecular formula is C10H11ClF5NO.